The maximum atomic E-state index is 13.1. The zero-order valence-electron chi connectivity index (χ0n) is 17.7. The third-order valence-corrected chi connectivity index (χ3v) is 4.69. The quantitative estimate of drug-likeness (QED) is 0.544. The second kappa shape index (κ2) is 9.89. The number of carbonyl (C=O) groups is 2. The molecule has 0 aromatic heterocycles. The molecule has 0 aliphatic heterocycles. The maximum Gasteiger partial charge on any atom is 0.251 e. The van der Waals surface area contributed by atoms with Crippen LogP contribution in [0.4, 0.5) is 10.1 Å². The van der Waals surface area contributed by atoms with Gasteiger partial charge in [-0.05, 0) is 79.1 Å². The lowest BCUT2D eigenvalue weighted by Crippen LogP contribution is -2.47. The first-order valence-corrected chi connectivity index (χ1v) is 10.0. The van der Waals surface area contributed by atoms with Crippen molar-refractivity contribution < 1.29 is 18.7 Å². The highest BCUT2D eigenvalue weighted by atomic mass is 19.1. The Labute approximate surface area is 181 Å². The molecule has 0 aliphatic carbocycles. The van der Waals surface area contributed by atoms with Gasteiger partial charge in [-0.25, -0.2) is 4.39 Å². The summed E-state index contributed by atoms with van der Waals surface area (Å²) < 4.78 is 18.9. The molecule has 0 unspecified atom stereocenters. The van der Waals surface area contributed by atoms with Crippen LogP contribution in [-0.4, -0.2) is 17.9 Å². The number of halogens is 1. The SMILES string of the molecule is Cc1cccc(Oc2ccc(NC(=O)[C@@H](NC(=O)c3ccc(F)cc3)C(C)C)cc2)c1. The van der Waals surface area contributed by atoms with Gasteiger partial charge in [0.15, 0.2) is 0 Å². The number of amides is 2. The van der Waals surface area contributed by atoms with E-state index in [1.54, 1.807) is 24.3 Å². The predicted octanol–water partition coefficient (Wildman–Crippen LogP) is 5.32. The molecule has 0 saturated heterocycles. The molecule has 2 amide bonds. The molecule has 1 atom stereocenters. The zero-order valence-corrected chi connectivity index (χ0v) is 17.7. The molecule has 0 radical (unpaired) electrons. The second-order valence-corrected chi connectivity index (χ2v) is 7.63. The third kappa shape index (κ3) is 6.15. The van der Waals surface area contributed by atoms with Gasteiger partial charge in [0, 0.05) is 11.3 Å². The van der Waals surface area contributed by atoms with Gasteiger partial charge in [-0.2, -0.15) is 0 Å². The van der Waals surface area contributed by atoms with Crippen molar-refractivity contribution in [3.63, 3.8) is 0 Å². The summed E-state index contributed by atoms with van der Waals surface area (Å²) in [5, 5.41) is 5.54. The van der Waals surface area contributed by atoms with Crippen LogP contribution in [0.1, 0.15) is 29.8 Å². The average molecular weight is 420 g/mol. The molecule has 0 saturated carbocycles. The van der Waals surface area contributed by atoms with E-state index in [9.17, 15) is 14.0 Å². The molecular weight excluding hydrogens is 395 g/mol. The van der Waals surface area contributed by atoms with E-state index in [2.05, 4.69) is 10.6 Å². The van der Waals surface area contributed by atoms with E-state index in [1.165, 1.54) is 24.3 Å². The van der Waals surface area contributed by atoms with Crippen molar-refractivity contribution in [1.82, 2.24) is 5.32 Å². The number of aryl methyl sites for hydroxylation is 1. The zero-order chi connectivity index (χ0) is 22.4. The van der Waals surface area contributed by atoms with Crippen LogP contribution in [0.25, 0.3) is 0 Å². The second-order valence-electron chi connectivity index (χ2n) is 7.63. The first-order valence-electron chi connectivity index (χ1n) is 10.0. The molecule has 5 nitrogen and oxygen atoms in total. The smallest absolute Gasteiger partial charge is 0.251 e. The molecule has 3 aromatic carbocycles. The van der Waals surface area contributed by atoms with E-state index >= 15 is 0 Å². The van der Waals surface area contributed by atoms with Crippen molar-refractivity contribution >= 4 is 17.5 Å². The van der Waals surface area contributed by atoms with Gasteiger partial charge < -0.3 is 15.4 Å². The van der Waals surface area contributed by atoms with Gasteiger partial charge >= 0.3 is 0 Å². The van der Waals surface area contributed by atoms with Gasteiger partial charge in [-0.15, -0.1) is 0 Å². The van der Waals surface area contributed by atoms with Crippen LogP contribution in [-0.2, 0) is 4.79 Å². The fourth-order valence-corrected chi connectivity index (χ4v) is 3.00. The van der Waals surface area contributed by atoms with E-state index in [0.29, 0.717) is 11.4 Å². The number of ether oxygens (including phenoxy) is 1. The number of rotatable bonds is 7. The number of anilines is 1. The minimum Gasteiger partial charge on any atom is -0.457 e. The first-order chi connectivity index (χ1) is 14.8. The molecule has 3 rings (SSSR count). The lowest BCUT2D eigenvalue weighted by Gasteiger charge is -2.22. The minimum absolute atomic E-state index is 0.145. The van der Waals surface area contributed by atoms with Gasteiger partial charge in [-0.3, -0.25) is 9.59 Å². The molecule has 0 fully saturated rings. The van der Waals surface area contributed by atoms with E-state index in [-0.39, 0.29) is 17.4 Å². The Morgan fingerprint density at radius 3 is 2.19 bits per heavy atom. The van der Waals surface area contributed by atoms with Crippen molar-refractivity contribution in [3.05, 3.63) is 89.7 Å². The minimum atomic E-state index is -0.749. The lowest BCUT2D eigenvalue weighted by molar-refractivity contribution is -0.118. The van der Waals surface area contributed by atoms with Crippen molar-refractivity contribution in [3.8, 4) is 11.5 Å². The standard InChI is InChI=1S/C25H25FN2O3/c1-16(2)23(28-24(29)18-7-9-19(26)10-8-18)25(30)27-20-11-13-21(14-12-20)31-22-6-4-5-17(3)15-22/h4-16,23H,1-3H3,(H,27,30)(H,28,29)/t23-/m0/s1. The summed E-state index contributed by atoms with van der Waals surface area (Å²) in [6.07, 6.45) is 0. The summed E-state index contributed by atoms with van der Waals surface area (Å²) in [4.78, 5) is 25.2. The van der Waals surface area contributed by atoms with Gasteiger partial charge in [0.2, 0.25) is 5.91 Å². The molecule has 0 spiro atoms. The summed E-state index contributed by atoms with van der Waals surface area (Å²) in [7, 11) is 0. The summed E-state index contributed by atoms with van der Waals surface area (Å²) >= 11 is 0. The Morgan fingerprint density at radius 2 is 1.58 bits per heavy atom. The fourth-order valence-electron chi connectivity index (χ4n) is 3.00. The summed E-state index contributed by atoms with van der Waals surface area (Å²) in [5.41, 5.74) is 1.98. The molecule has 0 heterocycles. The van der Waals surface area contributed by atoms with Gasteiger partial charge in [-0.1, -0.05) is 26.0 Å². The van der Waals surface area contributed by atoms with Crippen LogP contribution in [0.15, 0.2) is 72.8 Å². The average Bonchev–Trinajstić information content (AvgIpc) is 2.73. The Morgan fingerprint density at radius 1 is 0.903 bits per heavy atom. The highest BCUT2D eigenvalue weighted by molar-refractivity contribution is 6.01. The molecule has 0 aliphatic rings. The topological polar surface area (TPSA) is 67.4 Å². The molecule has 31 heavy (non-hydrogen) atoms. The van der Waals surface area contributed by atoms with E-state index in [1.807, 2.05) is 45.0 Å². The number of hydrogen-bond acceptors (Lipinski definition) is 3. The van der Waals surface area contributed by atoms with E-state index < -0.39 is 17.8 Å². The summed E-state index contributed by atoms with van der Waals surface area (Å²) in [6.45, 7) is 5.67. The Kier molecular flexibility index (Phi) is 7.03. The normalized spacial score (nSPS) is 11.6. The van der Waals surface area contributed by atoms with E-state index in [4.69, 9.17) is 4.74 Å². The Hall–Kier alpha value is -3.67. The van der Waals surface area contributed by atoms with Crippen LogP contribution >= 0.6 is 0 Å². The van der Waals surface area contributed by atoms with Gasteiger partial charge in [0.1, 0.15) is 23.4 Å². The predicted molar refractivity (Wildman–Crippen MR) is 119 cm³/mol. The molecule has 3 aromatic rings. The Balaban J connectivity index is 1.63. The van der Waals surface area contributed by atoms with Gasteiger partial charge in [0.25, 0.3) is 5.91 Å². The maximum absolute atomic E-state index is 13.1. The Bertz CT molecular complexity index is 1050. The largest absolute Gasteiger partial charge is 0.457 e. The van der Waals surface area contributed by atoms with Crippen molar-refractivity contribution in [2.45, 2.75) is 26.8 Å². The van der Waals surface area contributed by atoms with Crippen LogP contribution < -0.4 is 15.4 Å². The molecule has 2 N–H and O–H groups in total. The van der Waals surface area contributed by atoms with Gasteiger partial charge in [0.05, 0.1) is 0 Å². The van der Waals surface area contributed by atoms with Crippen LogP contribution in [0.2, 0.25) is 0 Å². The van der Waals surface area contributed by atoms with Crippen molar-refractivity contribution in [2.24, 2.45) is 5.92 Å². The molecular formula is C25H25FN2O3. The van der Waals surface area contributed by atoms with Crippen LogP contribution in [0, 0.1) is 18.7 Å². The van der Waals surface area contributed by atoms with Crippen LogP contribution in [0.3, 0.4) is 0 Å². The number of carbonyl (C=O) groups excluding carboxylic acids is 2. The van der Waals surface area contributed by atoms with Crippen LogP contribution in [0.5, 0.6) is 11.5 Å². The van der Waals surface area contributed by atoms with E-state index in [0.717, 1.165) is 11.3 Å². The highest BCUT2D eigenvalue weighted by Gasteiger charge is 2.24. The van der Waals surface area contributed by atoms with Crippen molar-refractivity contribution in [1.29, 1.82) is 0 Å². The highest BCUT2D eigenvalue weighted by Crippen LogP contribution is 2.24. The summed E-state index contributed by atoms with van der Waals surface area (Å²) in [6, 6.07) is 19.2. The number of benzene rings is 3. The number of hydrogen-bond donors (Lipinski definition) is 2. The number of nitrogens with one attached hydrogen (secondary N) is 2. The monoisotopic (exact) mass is 420 g/mol. The van der Waals surface area contributed by atoms with Crippen molar-refractivity contribution in [2.75, 3.05) is 5.32 Å². The first kappa shape index (κ1) is 22.0. The molecule has 0 bridgehead atoms. The fraction of sp³-hybridized carbons (Fsp3) is 0.200. The summed E-state index contributed by atoms with van der Waals surface area (Å²) in [5.74, 6) is 0.0419. The third-order valence-electron chi connectivity index (χ3n) is 4.69. The molecule has 6 heteroatoms. The lowest BCUT2D eigenvalue weighted by atomic mass is 10.0. The molecule has 160 valence electrons.